The zero-order chi connectivity index (χ0) is 29.5. The lowest BCUT2D eigenvalue weighted by molar-refractivity contribution is 1.18. The first-order chi connectivity index (χ1) is 22.3. The second-order valence-electron chi connectivity index (χ2n) is 11.4. The summed E-state index contributed by atoms with van der Waals surface area (Å²) in [6.07, 6.45) is 0. The van der Waals surface area contributed by atoms with Gasteiger partial charge < -0.3 is 4.57 Å². The molecule has 0 saturated carbocycles. The molecular formula is C40H23N3S2. The van der Waals surface area contributed by atoms with Crippen LogP contribution < -0.4 is 0 Å². The van der Waals surface area contributed by atoms with Crippen LogP contribution in [0.25, 0.3) is 90.6 Å². The number of rotatable bonds is 3. The maximum atomic E-state index is 5.21. The van der Waals surface area contributed by atoms with Crippen LogP contribution in [0.1, 0.15) is 0 Å². The van der Waals surface area contributed by atoms with E-state index in [1.165, 1.54) is 52.1 Å². The minimum absolute atomic E-state index is 0.753. The van der Waals surface area contributed by atoms with E-state index >= 15 is 0 Å². The van der Waals surface area contributed by atoms with Gasteiger partial charge in [0.25, 0.3) is 0 Å². The highest BCUT2D eigenvalue weighted by atomic mass is 32.1. The SMILES string of the molecule is c1ccc(-c2nc(-c3ccc(-n4c5ccccc5c5ccc6c7ccccc7sc6c54)cc3)c3c(n2)sc2ccccc23)cc1. The molecule has 0 bridgehead atoms. The molecule has 210 valence electrons. The van der Waals surface area contributed by atoms with Gasteiger partial charge in [-0.05, 0) is 30.3 Å². The molecule has 0 unspecified atom stereocenters. The standard InChI is InChI=1S/C40H23N3S2/c1-2-10-25(11-3-1)39-41-36(35-31-14-6-9-17-34(31)45-40(35)42-39)24-18-20-26(21-19-24)43-32-15-7-4-12-27(32)29-22-23-30-28-13-5-8-16-33(28)44-38(30)37(29)43/h1-23H. The fourth-order valence-corrected chi connectivity index (χ4v) is 9.13. The summed E-state index contributed by atoms with van der Waals surface area (Å²) >= 11 is 3.61. The molecule has 4 heterocycles. The summed E-state index contributed by atoms with van der Waals surface area (Å²) in [4.78, 5) is 11.3. The highest BCUT2D eigenvalue weighted by molar-refractivity contribution is 7.26. The normalized spacial score (nSPS) is 12.0. The highest BCUT2D eigenvalue weighted by Crippen LogP contribution is 2.44. The number of hydrogen-bond acceptors (Lipinski definition) is 4. The molecule has 0 fully saturated rings. The Hall–Kier alpha value is -5.36. The number of para-hydroxylation sites is 1. The summed E-state index contributed by atoms with van der Waals surface area (Å²) in [5, 5.41) is 7.49. The van der Waals surface area contributed by atoms with Gasteiger partial charge in [-0.15, -0.1) is 22.7 Å². The summed E-state index contributed by atoms with van der Waals surface area (Å²) < 4.78 is 6.31. The Morgan fingerprint density at radius 1 is 0.467 bits per heavy atom. The van der Waals surface area contributed by atoms with Crippen molar-refractivity contribution in [2.24, 2.45) is 0 Å². The minimum Gasteiger partial charge on any atom is -0.308 e. The number of aromatic nitrogens is 3. The van der Waals surface area contributed by atoms with Crippen LogP contribution in [0, 0.1) is 0 Å². The van der Waals surface area contributed by atoms with Crippen molar-refractivity contribution in [2.75, 3.05) is 0 Å². The quantitative estimate of drug-likeness (QED) is 0.199. The summed E-state index contributed by atoms with van der Waals surface area (Å²) in [7, 11) is 0. The molecule has 10 rings (SSSR count). The van der Waals surface area contributed by atoms with Crippen molar-refractivity contribution in [3.63, 3.8) is 0 Å². The van der Waals surface area contributed by atoms with Gasteiger partial charge in [0, 0.05) is 58.5 Å². The molecule has 0 spiro atoms. The number of nitrogens with zero attached hydrogens (tertiary/aromatic N) is 3. The van der Waals surface area contributed by atoms with Gasteiger partial charge in [0.1, 0.15) is 4.83 Å². The van der Waals surface area contributed by atoms with Crippen molar-refractivity contribution in [2.45, 2.75) is 0 Å². The molecule has 6 aromatic carbocycles. The molecule has 0 N–H and O–H groups in total. The largest absolute Gasteiger partial charge is 0.308 e. The number of thiophene rings is 2. The van der Waals surface area contributed by atoms with Crippen molar-refractivity contribution in [1.82, 2.24) is 14.5 Å². The molecule has 3 nitrogen and oxygen atoms in total. The van der Waals surface area contributed by atoms with Crippen molar-refractivity contribution in [3.05, 3.63) is 140 Å². The van der Waals surface area contributed by atoms with E-state index in [0.29, 0.717) is 0 Å². The molecule has 0 amide bonds. The summed E-state index contributed by atoms with van der Waals surface area (Å²) in [5.74, 6) is 0.753. The second-order valence-corrected chi connectivity index (χ2v) is 13.5. The maximum Gasteiger partial charge on any atom is 0.161 e. The third-order valence-electron chi connectivity index (χ3n) is 8.85. The maximum absolute atomic E-state index is 5.21. The number of hydrogen-bond donors (Lipinski definition) is 0. The Bertz CT molecular complexity index is 2750. The van der Waals surface area contributed by atoms with Crippen molar-refractivity contribution in [1.29, 1.82) is 0 Å². The number of fused-ring (bicyclic) bond motifs is 10. The lowest BCUT2D eigenvalue weighted by atomic mass is 10.0. The zero-order valence-corrected chi connectivity index (χ0v) is 25.6. The first kappa shape index (κ1) is 25.0. The first-order valence-corrected chi connectivity index (χ1v) is 16.6. The van der Waals surface area contributed by atoms with Crippen LogP contribution in [0.5, 0.6) is 0 Å². The van der Waals surface area contributed by atoms with E-state index in [-0.39, 0.29) is 0 Å². The molecule has 0 saturated heterocycles. The molecule has 10 aromatic rings. The van der Waals surface area contributed by atoms with E-state index in [4.69, 9.17) is 9.97 Å². The Balaban J connectivity index is 1.22. The van der Waals surface area contributed by atoms with Crippen LogP contribution in [0.2, 0.25) is 0 Å². The predicted molar refractivity (Wildman–Crippen MR) is 193 cm³/mol. The number of benzene rings is 6. The molecule has 0 aliphatic carbocycles. The summed E-state index contributed by atoms with van der Waals surface area (Å²) in [6, 6.07) is 49.9. The lowest BCUT2D eigenvalue weighted by Crippen LogP contribution is -1.96. The van der Waals surface area contributed by atoms with Gasteiger partial charge >= 0.3 is 0 Å². The molecule has 0 aliphatic rings. The monoisotopic (exact) mass is 609 g/mol. The van der Waals surface area contributed by atoms with Crippen LogP contribution >= 0.6 is 22.7 Å². The van der Waals surface area contributed by atoms with Crippen LogP contribution in [-0.4, -0.2) is 14.5 Å². The van der Waals surface area contributed by atoms with E-state index in [2.05, 4.69) is 126 Å². The topological polar surface area (TPSA) is 30.7 Å². The van der Waals surface area contributed by atoms with Gasteiger partial charge in [0.2, 0.25) is 0 Å². The summed E-state index contributed by atoms with van der Waals surface area (Å²) in [6.45, 7) is 0. The molecule has 0 radical (unpaired) electrons. The average molecular weight is 610 g/mol. The van der Waals surface area contributed by atoms with Gasteiger partial charge in [-0.1, -0.05) is 109 Å². The van der Waals surface area contributed by atoms with Crippen LogP contribution in [0.15, 0.2) is 140 Å². The Morgan fingerprint density at radius 3 is 1.96 bits per heavy atom. The molecule has 5 heteroatoms. The van der Waals surface area contributed by atoms with Crippen LogP contribution in [-0.2, 0) is 0 Å². The average Bonchev–Trinajstić information content (AvgIpc) is 3.78. The molecule has 4 aromatic heterocycles. The minimum atomic E-state index is 0.753. The summed E-state index contributed by atoms with van der Waals surface area (Å²) in [5.41, 5.74) is 6.69. The van der Waals surface area contributed by atoms with E-state index in [1.54, 1.807) is 11.3 Å². The van der Waals surface area contributed by atoms with Crippen LogP contribution in [0.4, 0.5) is 0 Å². The fraction of sp³-hybridized carbons (Fsp3) is 0. The van der Waals surface area contributed by atoms with E-state index in [1.807, 2.05) is 29.5 Å². The smallest absolute Gasteiger partial charge is 0.161 e. The van der Waals surface area contributed by atoms with E-state index in [9.17, 15) is 0 Å². The van der Waals surface area contributed by atoms with E-state index in [0.717, 1.165) is 38.5 Å². The zero-order valence-electron chi connectivity index (χ0n) is 23.9. The second kappa shape index (κ2) is 9.57. The van der Waals surface area contributed by atoms with Crippen molar-refractivity contribution >= 4 is 85.0 Å². The van der Waals surface area contributed by atoms with Gasteiger partial charge in [0.15, 0.2) is 5.82 Å². The van der Waals surface area contributed by atoms with Crippen molar-refractivity contribution < 1.29 is 0 Å². The van der Waals surface area contributed by atoms with Crippen molar-refractivity contribution in [3.8, 4) is 28.3 Å². The van der Waals surface area contributed by atoms with E-state index < -0.39 is 0 Å². The molecular weight excluding hydrogens is 587 g/mol. The van der Waals surface area contributed by atoms with Gasteiger partial charge in [-0.2, -0.15) is 0 Å². The Morgan fingerprint density at radius 2 is 1.13 bits per heavy atom. The van der Waals surface area contributed by atoms with Crippen LogP contribution in [0.3, 0.4) is 0 Å². The molecule has 0 atom stereocenters. The predicted octanol–water partition coefficient (Wildman–Crippen LogP) is 11.6. The van der Waals surface area contributed by atoms with Gasteiger partial charge in [0.05, 0.1) is 21.4 Å². The van der Waals surface area contributed by atoms with Gasteiger partial charge in [-0.3, -0.25) is 0 Å². The highest BCUT2D eigenvalue weighted by Gasteiger charge is 2.19. The molecule has 0 aliphatic heterocycles. The Labute approximate surface area is 266 Å². The Kier molecular flexibility index (Phi) is 5.32. The first-order valence-electron chi connectivity index (χ1n) is 15.0. The lowest BCUT2D eigenvalue weighted by Gasteiger charge is -2.11. The fourth-order valence-electron chi connectivity index (χ4n) is 6.82. The van der Waals surface area contributed by atoms with Gasteiger partial charge in [-0.25, -0.2) is 9.97 Å². The third kappa shape index (κ3) is 3.69. The molecule has 45 heavy (non-hydrogen) atoms. The third-order valence-corrected chi connectivity index (χ3v) is 11.1.